The molecule has 0 aromatic heterocycles. The average Bonchev–Trinajstić information content (AvgIpc) is 2.65. The van der Waals surface area contributed by atoms with Gasteiger partial charge >= 0.3 is 0 Å². The molecule has 1 aliphatic heterocycles. The minimum absolute atomic E-state index is 0.00106. The third-order valence-electron chi connectivity index (χ3n) is 4.23. The van der Waals surface area contributed by atoms with Crippen LogP contribution in [0.5, 0.6) is 17.2 Å². The molecule has 1 fully saturated rings. The van der Waals surface area contributed by atoms with E-state index in [0.717, 1.165) is 38.3 Å². The van der Waals surface area contributed by atoms with Crippen molar-refractivity contribution in [2.75, 3.05) is 60.6 Å². The van der Waals surface area contributed by atoms with E-state index in [1.54, 1.807) is 33.5 Å². The first-order chi connectivity index (χ1) is 12.1. The molecule has 7 heteroatoms. The number of methoxy groups -OCH3 is 3. The number of carbonyl (C=O) groups excluding carboxylic acids is 1. The monoisotopic (exact) mass is 349 g/mol. The van der Waals surface area contributed by atoms with E-state index in [0.29, 0.717) is 23.8 Å². The summed E-state index contributed by atoms with van der Waals surface area (Å²) in [7, 11) is 4.69. The number of carbonyl (C=O) groups is 1. The van der Waals surface area contributed by atoms with Crippen LogP contribution in [0.3, 0.4) is 0 Å². The highest BCUT2D eigenvalue weighted by Gasteiger charge is 2.19. The number of hydrogen-bond acceptors (Lipinski definition) is 6. The van der Waals surface area contributed by atoms with Crippen LogP contribution in [0.1, 0.15) is 5.56 Å². The van der Waals surface area contributed by atoms with Crippen LogP contribution >= 0.6 is 0 Å². The van der Waals surface area contributed by atoms with Crippen LogP contribution in [-0.2, 0) is 4.79 Å². The lowest BCUT2D eigenvalue weighted by Crippen LogP contribution is -2.49. The van der Waals surface area contributed by atoms with E-state index in [4.69, 9.17) is 19.9 Å². The molecule has 0 saturated carbocycles. The van der Waals surface area contributed by atoms with Crippen molar-refractivity contribution >= 4 is 12.0 Å². The first-order valence-electron chi connectivity index (χ1n) is 8.32. The number of piperazine rings is 1. The predicted molar refractivity (Wildman–Crippen MR) is 97.2 cm³/mol. The van der Waals surface area contributed by atoms with E-state index in [-0.39, 0.29) is 5.91 Å². The van der Waals surface area contributed by atoms with Gasteiger partial charge in [0.05, 0.1) is 21.3 Å². The van der Waals surface area contributed by atoms with Crippen molar-refractivity contribution < 1.29 is 19.0 Å². The van der Waals surface area contributed by atoms with Crippen molar-refractivity contribution in [2.45, 2.75) is 0 Å². The van der Waals surface area contributed by atoms with Gasteiger partial charge in [-0.3, -0.25) is 9.69 Å². The Labute approximate surface area is 148 Å². The van der Waals surface area contributed by atoms with Crippen LogP contribution in [0.2, 0.25) is 0 Å². The van der Waals surface area contributed by atoms with Crippen molar-refractivity contribution in [1.82, 2.24) is 9.80 Å². The summed E-state index contributed by atoms with van der Waals surface area (Å²) in [6.07, 6.45) is 3.35. The minimum Gasteiger partial charge on any atom is -0.493 e. The van der Waals surface area contributed by atoms with E-state index in [1.807, 2.05) is 17.0 Å². The lowest BCUT2D eigenvalue weighted by molar-refractivity contribution is -0.127. The second-order valence-corrected chi connectivity index (χ2v) is 5.75. The van der Waals surface area contributed by atoms with Gasteiger partial charge in [0.25, 0.3) is 0 Å². The number of rotatable bonds is 7. The van der Waals surface area contributed by atoms with Gasteiger partial charge in [0.15, 0.2) is 11.5 Å². The van der Waals surface area contributed by atoms with Crippen LogP contribution in [0.4, 0.5) is 0 Å². The van der Waals surface area contributed by atoms with Crippen molar-refractivity contribution in [3.05, 3.63) is 23.8 Å². The Morgan fingerprint density at radius 1 is 1.08 bits per heavy atom. The molecule has 25 heavy (non-hydrogen) atoms. The molecule has 0 unspecified atom stereocenters. The fourth-order valence-corrected chi connectivity index (χ4v) is 2.84. The van der Waals surface area contributed by atoms with Gasteiger partial charge in [-0.05, 0) is 23.8 Å². The van der Waals surface area contributed by atoms with Gasteiger partial charge in [-0.1, -0.05) is 0 Å². The molecule has 0 atom stereocenters. The first kappa shape index (κ1) is 19.1. The SMILES string of the molecule is COc1cc(/C=C/C(=O)N2CCN(CCN)CC2)cc(OC)c1OC. The third-order valence-corrected chi connectivity index (χ3v) is 4.23. The highest BCUT2D eigenvalue weighted by molar-refractivity contribution is 5.92. The molecule has 0 aliphatic carbocycles. The molecule has 7 nitrogen and oxygen atoms in total. The average molecular weight is 349 g/mol. The van der Waals surface area contributed by atoms with Gasteiger partial charge in [0.1, 0.15) is 0 Å². The number of ether oxygens (including phenoxy) is 3. The molecule has 2 rings (SSSR count). The highest BCUT2D eigenvalue weighted by atomic mass is 16.5. The maximum atomic E-state index is 12.4. The largest absolute Gasteiger partial charge is 0.493 e. The number of amides is 1. The smallest absolute Gasteiger partial charge is 0.246 e. The molecule has 1 aliphatic rings. The zero-order valence-electron chi connectivity index (χ0n) is 15.2. The molecule has 1 aromatic carbocycles. The Balaban J connectivity index is 2.05. The number of nitrogens with two attached hydrogens (primary N) is 1. The third kappa shape index (κ3) is 4.87. The van der Waals surface area contributed by atoms with Crippen molar-refractivity contribution in [1.29, 1.82) is 0 Å². The lowest BCUT2D eigenvalue weighted by atomic mass is 10.1. The van der Waals surface area contributed by atoms with Crippen LogP contribution in [0, 0.1) is 0 Å². The van der Waals surface area contributed by atoms with E-state index in [2.05, 4.69) is 4.90 Å². The fraction of sp³-hybridized carbons (Fsp3) is 0.500. The van der Waals surface area contributed by atoms with Crippen LogP contribution in [-0.4, -0.2) is 76.3 Å². The Morgan fingerprint density at radius 2 is 1.68 bits per heavy atom. The van der Waals surface area contributed by atoms with Gasteiger partial charge in [-0.15, -0.1) is 0 Å². The van der Waals surface area contributed by atoms with Gasteiger partial charge in [0.2, 0.25) is 11.7 Å². The standard InChI is InChI=1S/C18H27N3O4/c1-23-15-12-14(13-16(24-2)18(15)25-3)4-5-17(22)21-10-8-20(7-6-19)9-11-21/h4-5,12-13H,6-11,19H2,1-3H3/b5-4+. The first-order valence-corrected chi connectivity index (χ1v) is 8.32. The second-order valence-electron chi connectivity index (χ2n) is 5.75. The fourth-order valence-electron chi connectivity index (χ4n) is 2.84. The number of benzene rings is 1. The molecule has 1 heterocycles. The van der Waals surface area contributed by atoms with Gasteiger partial charge in [0, 0.05) is 45.3 Å². The highest BCUT2D eigenvalue weighted by Crippen LogP contribution is 2.38. The maximum Gasteiger partial charge on any atom is 0.246 e. The van der Waals surface area contributed by atoms with E-state index in [9.17, 15) is 4.79 Å². The molecule has 0 radical (unpaired) electrons. The summed E-state index contributed by atoms with van der Waals surface area (Å²) in [5.74, 6) is 1.65. The summed E-state index contributed by atoms with van der Waals surface area (Å²) in [4.78, 5) is 16.5. The Hall–Kier alpha value is -2.25. The summed E-state index contributed by atoms with van der Waals surface area (Å²) < 4.78 is 16.0. The predicted octanol–water partition coefficient (Wildman–Crippen LogP) is 0.829. The molecular formula is C18H27N3O4. The molecule has 1 amide bonds. The zero-order chi connectivity index (χ0) is 18.2. The van der Waals surface area contributed by atoms with E-state index < -0.39 is 0 Å². The summed E-state index contributed by atoms with van der Waals surface area (Å²) in [5, 5.41) is 0. The van der Waals surface area contributed by atoms with Crippen molar-refractivity contribution in [2.24, 2.45) is 5.73 Å². The lowest BCUT2D eigenvalue weighted by Gasteiger charge is -2.33. The second kappa shape index (κ2) is 9.29. The Morgan fingerprint density at radius 3 is 2.16 bits per heavy atom. The number of hydrogen-bond donors (Lipinski definition) is 1. The molecule has 2 N–H and O–H groups in total. The molecule has 1 saturated heterocycles. The van der Waals surface area contributed by atoms with E-state index in [1.165, 1.54) is 0 Å². The van der Waals surface area contributed by atoms with Crippen molar-refractivity contribution in [3.63, 3.8) is 0 Å². The summed E-state index contributed by atoms with van der Waals surface area (Å²) in [5.41, 5.74) is 6.38. The Kier molecular flexibility index (Phi) is 7.09. The summed E-state index contributed by atoms with van der Waals surface area (Å²) in [6, 6.07) is 3.62. The van der Waals surface area contributed by atoms with Crippen LogP contribution < -0.4 is 19.9 Å². The maximum absolute atomic E-state index is 12.4. The van der Waals surface area contributed by atoms with Crippen LogP contribution in [0.25, 0.3) is 6.08 Å². The van der Waals surface area contributed by atoms with Gasteiger partial charge in [-0.2, -0.15) is 0 Å². The summed E-state index contributed by atoms with van der Waals surface area (Å²) >= 11 is 0. The molecule has 0 spiro atoms. The van der Waals surface area contributed by atoms with Gasteiger partial charge < -0.3 is 24.8 Å². The molecule has 0 bridgehead atoms. The number of nitrogens with zero attached hydrogens (tertiary/aromatic N) is 2. The summed E-state index contributed by atoms with van der Waals surface area (Å²) in [6.45, 7) is 4.69. The van der Waals surface area contributed by atoms with Crippen LogP contribution in [0.15, 0.2) is 18.2 Å². The molecule has 138 valence electrons. The normalized spacial score (nSPS) is 15.4. The van der Waals surface area contributed by atoms with E-state index >= 15 is 0 Å². The molecule has 1 aromatic rings. The quantitative estimate of drug-likeness (QED) is 0.735. The molecular weight excluding hydrogens is 322 g/mol. The minimum atomic E-state index is 0.00106. The van der Waals surface area contributed by atoms with Crippen molar-refractivity contribution in [3.8, 4) is 17.2 Å². The topological polar surface area (TPSA) is 77.3 Å². The Bertz CT molecular complexity index is 585. The zero-order valence-corrected chi connectivity index (χ0v) is 15.2. The van der Waals surface area contributed by atoms with Gasteiger partial charge in [-0.25, -0.2) is 0 Å².